The van der Waals surface area contributed by atoms with Crippen LogP contribution < -0.4 is 14.5 Å². The lowest BCUT2D eigenvalue weighted by Crippen LogP contribution is -2.46. The highest BCUT2D eigenvalue weighted by Gasteiger charge is 2.22. The molecule has 160 valence electrons. The van der Waals surface area contributed by atoms with E-state index in [0.717, 1.165) is 43.0 Å². The summed E-state index contributed by atoms with van der Waals surface area (Å²) in [6, 6.07) is 20.2. The maximum atomic E-state index is 11.4. The van der Waals surface area contributed by atoms with E-state index in [2.05, 4.69) is 26.9 Å². The fraction of sp³-hybridized carbons (Fsp3) is 0.280. The summed E-state index contributed by atoms with van der Waals surface area (Å²) in [6.07, 6.45) is 3.22. The predicted octanol–water partition coefficient (Wildman–Crippen LogP) is 4.32. The van der Waals surface area contributed by atoms with Gasteiger partial charge in [-0.1, -0.05) is 37.3 Å². The molecule has 2 aromatic carbocycles. The third-order valence-electron chi connectivity index (χ3n) is 5.63. The van der Waals surface area contributed by atoms with Crippen LogP contribution in [0, 0.1) is 0 Å². The zero-order valence-corrected chi connectivity index (χ0v) is 17.6. The quantitative estimate of drug-likeness (QED) is 0.618. The fourth-order valence-electron chi connectivity index (χ4n) is 3.95. The van der Waals surface area contributed by atoms with Crippen LogP contribution >= 0.6 is 0 Å². The van der Waals surface area contributed by atoms with E-state index in [1.807, 2.05) is 67.8 Å². The van der Waals surface area contributed by atoms with Crippen LogP contribution in [0.2, 0.25) is 0 Å². The van der Waals surface area contributed by atoms with Crippen molar-refractivity contribution in [2.45, 2.75) is 19.4 Å². The molecule has 6 heteroatoms. The number of carboxylic acid groups (broad SMARTS) is 1. The zero-order valence-electron chi connectivity index (χ0n) is 17.6. The van der Waals surface area contributed by atoms with Gasteiger partial charge in [0.15, 0.2) is 6.10 Å². The van der Waals surface area contributed by atoms with Crippen LogP contribution in [0.1, 0.15) is 13.3 Å². The van der Waals surface area contributed by atoms with Gasteiger partial charge in [0.2, 0.25) is 0 Å². The van der Waals surface area contributed by atoms with Gasteiger partial charge in [0, 0.05) is 55.5 Å². The molecule has 2 heterocycles. The number of aromatic nitrogens is 1. The van der Waals surface area contributed by atoms with Gasteiger partial charge in [-0.15, -0.1) is 0 Å². The average molecular weight is 418 g/mol. The monoisotopic (exact) mass is 417 g/mol. The molecule has 0 spiro atoms. The summed E-state index contributed by atoms with van der Waals surface area (Å²) in [5.41, 5.74) is 4.47. The Morgan fingerprint density at radius 1 is 1.00 bits per heavy atom. The number of pyridine rings is 1. The Kier molecular flexibility index (Phi) is 6.36. The lowest BCUT2D eigenvalue weighted by atomic mass is 10.0. The summed E-state index contributed by atoms with van der Waals surface area (Å²) in [5.74, 6) is -0.368. The first-order valence-corrected chi connectivity index (χ1v) is 10.6. The van der Waals surface area contributed by atoms with Crippen molar-refractivity contribution < 1.29 is 14.6 Å². The topological polar surface area (TPSA) is 65.9 Å². The molecule has 1 saturated heterocycles. The lowest BCUT2D eigenvalue weighted by molar-refractivity contribution is -0.145. The Labute approximate surface area is 182 Å². The molecule has 1 unspecified atom stereocenters. The molecule has 6 nitrogen and oxygen atoms in total. The van der Waals surface area contributed by atoms with E-state index in [9.17, 15) is 9.90 Å². The van der Waals surface area contributed by atoms with E-state index < -0.39 is 12.1 Å². The van der Waals surface area contributed by atoms with Crippen LogP contribution in [0.15, 0.2) is 73.1 Å². The van der Waals surface area contributed by atoms with Gasteiger partial charge in [0.25, 0.3) is 0 Å². The van der Waals surface area contributed by atoms with Gasteiger partial charge in [-0.05, 0) is 42.3 Å². The number of carboxylic acids is 1. The molecule has 0 amide bonds. The molecule has 4 rings (SSSR count). The van der Waals surface area contributed by atoms with E-state index in [1.165, 1.54) is 5.69 Å². The fourth-order valence-corrected chi connectivity index (χ4v) is 3.95. The number of anilines is 2. The molecule has 3 aromatic rings. The zero-order chi connectivity index (χ0) is 21.6. The van der Waals surface area contributed by atoms with E-state index in [1.54, 1.807) is 0 Å². The van der Waals surface area contributed by atoms with Crippen molar-refractivity contribution in [3.05, 3.63) is 73.1 Å². The summed E-state index contributed by atoms with van der Waals surface area (Å²) in [7, 11) is 0. The highest BCUT2D eigenvalue weighted by Crippen LogP contribution is 2.35. The minimum atomic E-state index is -0.944. The minimum Gasteiger partial charge on any atom is -0.479 e. The highest BCUT2D eigenvalue weighted by atomic mass is 16.5. The predicted molar refractivity (Wildman–Crippen MR) is 123 cm³/mol. The van der Waals surface area contributed by atoms with Crippen molar-refractivity contribution in [1.82, 2.24) is 4.98 Å². The van der Waals surface area contributed by atoms with Gasteiger partial charge in [0.05, 0.1) is 0 Å². The van der Waals surface area contributed by atoms with E-state index in [4.69, 9.17) is 4.74 Å². The van der Waals surface area contributed by atoms with E-state index in [0.29, 0.717) is 12.2 Å². The summed E-state index contributed by atoms with van der Waals surface area (Å²) >= 11 is 0. The molecular formula is C25H27N3O3. The van der Waals surface area contributed by atoms with Crippen LogP contribution in [0.5, 0.6) is 5.75 Å². The van der Waals surface area contributed by atoms with Gasteiger partial charge >= 0.3 is 5.97 Å². The van der Waals surface area contributed by atoms with Crippen LogP contribution in [0.4, 0.5) is 11.4 Å². The molecule has 0 aliphatic carbocycles. The molecule has 1 N–H and O–H groups in total. The smallest absolute Gasteiger partial charge is 0.344 e. The average Bonchev–Trinajstić information content (AvgIpc) is 2.83. The van der Waals surface area contributed by atoms with Crippen molar-refractivity contribution in [3.8, 4) is 16.9 Å². The SMILES string of the molecule is CCC(Oc1ccc(N2CCN(c3ccncc3)CC2)c(-c2ccccc2)c1)C(=O)O. The van der Waals surface area contributed by atoms with Gasteiger partial charge < -0.3 is 19.6 Å². The number of hydrogen-bond acceptors (Lipinski definition) is 5. The van der Waals surface area contributed by atoms with Gasteiger partial charge in [-0.2, -0.15) is 0 Å². The number of piperazine rings is 1. The van der Waals surface area contributed by atoms with E-state index >= 15 is 0 Å². The minimum absolute atomic E-state index is 0.411. The normalized spacial score (nSPS) is 14.9. The van der Waals surface area contributed by atoms with Gasteiger partial charge in [-0.3, -0.25) is 4.98 Å². The summed E-state index contributed by atoms with van der Waals surface area (Å²) in [4.78, 5) is 20.3. The summed E-state index contributed by atoms with van der Waals surface area (Å²) in [6.45, 7) is 5.46. The highest BCUT2D eigenvalue weighted by molar-refractivity contribution is 5.80. The van der Waals surface area contributed by atoms with Crippen LogP contribution in [0.25, 0.3) is 11.1 Å². The van der Waals surface area contributed by atoms with E-state index in [-0.39, 0.29) is 0 Å². The van der Waals surface area contributed by atoms with Crippen molar-refractivity contribution in [1.29, 1.82) is 0 Å². The first-order valence-electron chi connectivity index (χ1n) is 10.6. The molecule has 1 aliphatic heterocycles. The van der Waals surface area contributed by atoms with Crippen molar-refractivity contribution >= 4 is 17.3 Å². The standard InChI is InChI=1S/C25H27N3O3/c1-2-24(25(29)30)31-21-8-9-23(22(18-21)19-6-4-3-5-7-19)28-16-14-27(15-17-28)20-10-12-26-13-11-20/h3-13,18,24H,2,14-17H2,1H3,(H,29,30). The number of nitrogens with zero attached hydrogens (tertiary/aromatic N) is 3. The molecule has 0 saturated carbocycles. The number of aliphatic carboxylic acids is 1. The summed E-state index contributed by atoms with van der Waals surface area (Å²) < 4.78 is 5.77. The van der Waals surface area contributed by atoms with Gasteiger partial charge in [0.1, 0.15) is 5.75 Å². The third kappa shape index (κ3) is 4.79. The first kappa shape index (κ1) is 20.7. The number of rotatable bonds is 7. The maximum absolute atomic E-state index is 11.4. The number of ether oxygens (including phenoxy) is 1. The Bertz CT molecular complexity index is 1000. The lowest BCUT2D eigenvalue weighted by Gasteiger charge is -2.38. The Morgan fingerprint density at radius 2 is 1.68 bits per heavy atom. The third-order valence-corrected chi connectivity index (χ3v) is 5.63. The number of hydrogen-bond donors (Lipinski definition) is 1. The molecule has 1 fully saturated rings. The second kappa shape index (κ2) is 9.51. The molecule has 0 bridgehead atoms. The largest absolute Gasteiger partial charge is 0.479 e. The second-order valence-corrected chi connectivity index (χ2v) is 7.58. The molecule has 1 aliphatic rings. The second-order valence-electron chi connectivity index (χ2n) is 7.58. The number of carbonyl (C=O) groups is 1. The van der Waals surface area contributed by atoms with Crippen molar-refractivity contribution in [2.75, 3.05) is 36.0 Å². The Morgan fingerprint density at radius 3 is 2.32 bits per heavy atom. The van der Waals surface area contributed by atoms with Crippen molar-refractivity contribution in [3.63, 3.8) is 0 Å². The van der Waals surface area contributed by atoms with Crippen LogP contribution in [-0.4, -0.2) is 48.3 Å². The van der Waals surface area contributed by atoms with Gasteiger partial charge in [-0.25, -0.2) is 4.79 Å². The maximum Gasteiger partial charge on any atom is 0.344 e. The Hall–Kier alpha value is -3.54. The molecule has 31 heavy (non-hydrogen) atoms. The van der Waals surface area contributed by atoms with Crippen LogP contribution in [0.3, 0.4) is 0 Å². The molecular weight excluding hydrogens is 390 g/mol. The Balaban J connectivity index is 1.59. The number of benzene rings is 2. The first-order chi connectivity index (χ1) is 15.2. The summed E-state index contributed by atoms with van der Waals surface area (Å²) in [5, 5.41) is 9.36. The molecule has 1 aromatic heterocycles. The molecule has 1 atom stereocenters. The van der Waals surface area contributed by atoms with Crippen LogP contribution in [-0.2, 0) is 4.79 Å². The van der Waals surface area contributed by atoms with Crippen molar-refractivity contribution in [2.24, 2.45) is 0 Å². The molecule has 0 radical (unpaired) electrons.